The van der Waals surface area contributed by atoms with Crippen LogP contribution in [0.4, 0.5) is 5.69 Å². The molecule has 0 saturated carbocycles. The number of aromatic amines is 2. The Morgan fingerprint density at radius 3 is 2.25 bits per heavy atom. The zero-order valence-corrected chi connectivity index (χ0v) is 13.2. The maximum atomic E-state index is 12.2. The standard InChI is InChI=1S/C11H10IN3O4S/c1-6-9(10(16)14-11(17)13-6)20(18,19)15-8-4-2-7(12)3-5-8/h2-5,15H,1H3,(H2,13,14,16,17). The molecule has 0 spiro atoms. The van der Waals surface area contributed by atoms with Gasteiger partial charge in [-0.3, -0.25) is 14.5 Å². The molecule has 0 bridgehead atoms. The van der Waals surface area contributed by atoms with E-state index < -0.39 is 26.2 Å². The van der Waals surface area contributed by atoms with Gasteiger partial charge in [0.15, 0.2) is 4.90 Å². The van der Waals surface area contributed by atoms with Crippen molar-refractivity contribution in [1.29, 1.82) is 0 Å². The van der Waals surface area contributed by atoms with E-state index in [0.29, 0.717) is 5.69 Å². The molecule has 0 radical (unpaired) electrons. The second kappa shape index (κ2) is 5.40. The maximum Gasteiger partial charge on any atom is 0.325 e. The Labute approximate surface area is 127 Å². The summed E-state index contributed by atoms with van der Waals surface area (Å²) in [4.78, 5) is 26.4. The van der Waals surface area contributed by atoms with E-state index in [1.165, 1.54) is 6.92 Å². The molecule has 20 heavy (non-hydrogen) atoms. The molecule has 1 aromatic carbocycles. The summed E-state index contributed by atoms with van der Waals surface area (Å²) in [5, 5.41) is 0. The molecule has 1 aromatic heterocycles. The van der Waals surface area contributed by atoms with Gasteiger partial charge in [-0.1, -0.05) is 0 Å². The minimum atomic E-state index is -4.07. The summed E-state index contributed by atoms with van der Waals surface area (Å²) in [6.45, 7) is 1.35. The van der Waals surface area contributed by atoms with E-state index in [-0.39, 0.29) is 5.69 Å². The van der Waals surface area contributed by atoms with Crippen LogP contribution in [0.1, 0.15) is 5.69 Å². The van der Waals surface area contributed by atoms with Crippen molar-refractivity contribution in [2.75, 3.05) is 4.72 Å². The Bertz CT molecular complexity index is 852. The van der Waals surface area contributed by atoms with Crippen molar-refractivity contribution in [2.24, 2.45) is 0 Å². The third kappa shape index (κ3) is 3.10. The van der Waals surface area contributed by atoms with Crippen LogP contribution in [0.5, 0.6) is 0 Å². The van der Waals surface area contributed by atoms with Gasteiger partial charge in [0.25, 0.3) is 15.6 Å². The average Bonchev–Trinajstić information content (AvgIpc) is 2.30. The number of H-pyrrole nitrogens is 2. The van der Waals surface area contributed by atoms with Gasteiger partial charge in [-0.15, -0.1) is 0 Å². The van der Waals surface area contributed by atoms with Gasteiger partial charge in [0.2, 0.25) is 0 Å². The minimum Gasteiger partial charge on any atom is -0.310 e. The maximum absolute atomic E-state index is 12.2. The molecule has 1 heterocycles. The molecule has 0 fully saturated rings. The largest absolute Gasteiger partial charge is 0.325 e. The third-order valence-corrected chi connectivity index (χ3v) is 4.69. The number of aryl methyl sites for hydroxylation is 1. The van der Waals surface area contributed by atoms with Gasteiger partial charge in [0, 0.05) is 15.0 Å². The Kier molecular flexibility index (Phi) is 3.99. The van der Waals surface area contributed by atoms with Crippen molar-refractivity contribution in [1.82, 2.24) is 9.97 Å². The second-order valence-electron chi connectivity index (χ2n) is 3.97. The molecule has 0 aliphatic carbocycles. The first-order chi connectivity index (χ1) is 9.29. The van der Waals surface area contributed by atoms with Gasteiger partial charge in [-0.05, 0) is 53.8 Å². The summed E-state index contributed by atoms with van der Waals surface area (Å²) < 4.78 is 27.6. The first-order valence-corrected chi connectivity index (χ1v) is 7.97. The Hall–Kier alpha value is -1.62. The fraction of sp³-hybridized carbons (Fsp3) is 0.0909. The van der Waals surface area contributed by atoms with Gasteiger partial charge in [0.1, 0.15) is 0 Å². The average molecular weight is 407 g/mol. The Morgan fingerprint density at radius 2 is 1.70 bits per heavy atom. The molecule has 0 aliphatic rings. The van der Waals surface area contributed by atoms with Crippen molar-refractivity contribution in [3.63, 3.8) is 0 Å². The van der Waals surface area contributed by atoms with Gasteiger partial charge in [-0.25, -0.2) is 13.2 Å². The van der Waals surface area contributed by atoms with Crippen LogP contribution < -0.4 is 16.0 Å². The summed E-state index contributed by atoms with van der Waals surface area (Å²) in [6, 6.07) is 6.60. The highest BCUT2D eigenvalue weighted by Gasteiger charge is 2.22. The molecule has 0 saturated heterocycles. The van der Waals surface area contributed by atoms with Gasteiger partial charge in [-0.2, -0.15) is 0 Å². The minimum absolute atomic E-state index is 0.0169. The molecule has 0 amide bonds. The molecular weight excluding hydrogens is 397 g/mol. The molecule has 7 nitrogen and oxygen atoms in total. The lowest BCUT2D eigenvalue weighted by molar-refractivity contribution is 0.598. The summed E-state index contributed by atoms with van der Waals surface area (Å²) in [5.41, 5.74) is -1.39. The van der Waals surface area contributed by atoms with Crippen molar-refractivity contribution >= 4 is 38.3 Å². The van der Waals surface area contributed by atoms with E-state index in [2.05, 4.69) is 32.3 Å². The predicted octanol–water partition coefficient (Wildman–Crippen LogP) is 0.777. The SMILES string of the molecule is Cc1[nH]c(=O)[nH]c(=O)c1S(=O)(=O)Nc1ccc(I)cc1. The van der Waals surface area contributed by atoms with Crippen molar-refractivity contribution < 1.29 is 8.42 Å². The highest BCUT2D eigenvalue weighted by molar-refractivity contribution is 14.1. The van der Waals surface area contributed by atoms with Crippen LogP contribution in [-0.2, 0) is 10.0 Å². The molecule has 106 valence electrons. The van der Waals surface area contributed by atoms with Crippen LogP contribution in [0.25, 0.3) is 0 Å². The summed E-state index contributed by atoms with van der Waals surface area (Å²) in [6.07, 6.45) is 0. The number of aromatic nitrogens is 2. The fourth-order valence-corrected chi connectivity index (χ4v) is 3.29. The monoisotopic (exact) mass is 407 g/mol. The summed E-state index contributed by atoms with van der Waals surface area (Å²) in [7, 11) is -4.07. The molecule has 3 N–H and O–H groups in total. The molecule has 9 heteroatoms. The summed E-state index contributed by atoms with van der Waals surface area (Å²) in [5.74, 6) is 0. The predicted molar refractivity (Wildman–Crippen MR) is 82.4 cm³/mol. The normalized spacial score (nSPS) is 11.3. The van der Waals surface area contributed by atoms with E-state index >= 15 is 0 Å². The molecule has 0 aliphatic heterocycles. The topological polar surface area (TPSA) is 112 Å². The first kappa shape index (κ1) is 14.8. The van der Waals surface area contributed by atoms with Crippen LogP contribution in [0.15, 0.2) is 38.8 Å². The van der Waals surface area contributed by atoms with E-state index in [1.807, 2.05) is 4.98 Å². The lowest BCUT2D eigenvalue weighted by atomic mass is 10.3. The van der Waals surface area contributed by atoms with Crippen LogP contribution in [0, 0.1) is 10.5 Å². The lowest BCUT2D eigenvalue weighted by Gasteiger charge is -2.09. The number of benzene rings is 1. The smallest absolute Gasteiger partial charge is 0.310 e. The number of halogens is 1. The third-order valence-electron chi connectivity index (χ3n) is 2.44. The van der Waals surface area contributed by atoms with E-state index in [9.17, 15) is 18.0 Å². The highest BCUT2D eigenvalue weighted by Crippen LogP contribution is 2.16. The van der Waals surface area contributed by atoms with Gasteiger partial charge >= 0.3 is 5.69 Å². The first-order valence-electron chi connectivity index (χ1n) is 5.41. The van der Waals surface area contributed by atoms with Crippen molar-refractivity contribution in [3.8, 4) is 0 Å². The van der Waals surface area contributed by atoms with Crippen molar-refractivity contribution in [3.05, 3.63) is 54.4 Å². The number of anilines is 1. The van der Waals surface area contributed by atoms with Gasteiger partial charge in [0.05, 0.1) is 0 Å². The molecule has 0 unspecified atom stereocenters. The molecule has 0 atom stereocenters. The number of rotatable bonds is 3. The van der Waals surface area contributed by atoms with Crippen LogP contribution in [-0.4, -0.2) is 18.4 Å². The van der Waals surface area contributed by atoms with Crippen LogP contribution >= 0.6 is 22.6 Å². The molecule has 2 aromatic rings. The molecular formula is C11H10IN3O4S. The van der Waals surface area contributed by atoms with Gasteiger partial charge < -0.3 is 4.98 Å². The zero-order chi connectivity index (χ0) is 14.9. The number of nitrogens with one attached hydrogen (secondary N) is 3. The number of hydrogen-bond acceptors (Lipinski definition) is 4. The number of hydrogen-bond donors (Lipinski definition) is 3. The molecule has 2 rings (SSSR count). The second-order valence-corrected chi connectivity index (χ2v) is 6.84. The van der Waals surface area contributed by atoms with E-state index in [4.69, 9.17) is 0 Å². The van der Waals surface area contributed by atoms with E-state index in [1.54, 1.807) is 24.3 Å². The summed E-state index contributed by atoms with van der Waals surface area (Å²) >= 11 is 2.09. The number of sulfonamides is 1. The zero-order valence-electron chi connectivity index (χ0n) is 10.2. The van der Waals surface area contributed by atoms with Crippen molar-refractivity contribution in [2.45, 2.75) is 11.8 Å². The Balaban J connectivity index is 2.49. The quantitative estimate of drug-likeness (QED) is 0.653. The Morgan fingerprint density at radius 1 is 1.10 bits per heavy atom. The van der Waals surface area contributed by atoms with Crippen LogP contribution in [0.3, 0.4) is 0 Å². The highest BCUT2D eigenvalue weighted by atomic mass is 127. The fourth-order valence-electron chi connectivity index (χ4n) is 1.64. The van der Waals surface area contributed by atoms with E-state index in [0.717, 1.165) is 3.57 Å². The van der Waals surface area contributed by atoms with Crippen LogP contribution in [0.2, 0.25) is 0 Å². The lowest BCUT2D eigenvalue weighted by Crippen LogP contribution is -2.31.